The smallest absolute Gasteiger partial charge is 0.287 e. The second-order valence-corrected chi connectivity index (χ2v) is 10.5. The van der Waals surface area contributed by atoms with Crippen LogP contribution in [0.25, 0.3) is 0 Å². The molecule has 1 unspecified atom stereocenters. The minimum atomic E-state index is -0.769. The summed E-state index contributed by atoms with van der Waals surface area (Å²) in [5, 5.41) is 5.79. The summed E-state index contributed by atoms with van der Waals surface area (Å²) in [6, 6.07) is 0.311. The van der Waals surface area contributed by atoms with E-state index in [1.54, 1.807) is 13.2 Å². The van der Waals surface area contributed by atoms with Crippen molar-refractivity contribution in [1.82, 2.24) is 15.5 Å². The average Bonchev–Trinajstić information content (AvgIpc) is 3.55. The maximum Gasteiger partial charge on any atom is 0.287 e. The van der Waals surface area contributed by atoms with Crippen LogP contribution in [0.2, 0.25) is 0 Å². The lowest BCUT2D eigenvalue weighted by Gasteiger charge is -2.30. The van der Waals surface area contributed by atoms with Crippen LogP contribution in [0.4, 0.5) is 0 Å². The van der Waals surface area contributed by atoms with E-state index in [2.05, 4.69) is 29.4 Å². The summed E-state index contributed by atoms with van der Waals surface area (Å²) in [6.45, 7) is 10.9. The number of nitrogens with one attached hydrogen (secondary N) is 2. The van der Waals surface area contributed by atoms with Gasteiger partial charge in [0.05, 0.1) is 12.7 Å². The molecule has 0 spiro atoms. The SMILES string of the molecule is CC[C@@H]1OCC(=O)[C@H]1NC(=O)C(CC1(C)CCCC1)NC(=O)c1cc(CN(CC)CCOC)c(C)o1. The number of carbonyl (C=O) groups is 3. The Bertz CT molecular complexity index is 907. The Balaban J connectivity index is 1.73. The van der Waals surface area contributed by atoms with E-state index in [-0.39, 0.29) is 35.6 Å². The molecule has 36 heavy (non-hydrogen) atoms. The van der Waals surface area contributed by atoms with Gasteiger partial charge in [0.1, 0.15) is 24.5 Å². The van der Waals surface area contributed by atoms with Crippen LogP contribution in [0.1, 0.15) is 81.2 Å². The van der Waals surface area contributed by atoms with E-state index < -0.39 is 18.0 Å². The molecule has 1 saturated heterocycles. The fourth-order valence-electron chi connectivity index (χ4n) is 5.33. The first-order chi connectivity index (χ1) is 17.2. The van der Waals surface area contributed by atoms with Gasteiger partial charge in [-0.05, 0) is 50.6 Å². The van der Waals surface area contributed by atoms with Crippen molar-refractivity contribution < 1.29 is 28.3 Å². The van der Waals surface area contributed by atoms with Crippen LogP contribution in [0.5, 0.6) is 0 Å². The maximum atomic E-state index is 13.4. The fraction of sp³-hybridized carbons (Fsp3) is 0.741. The first-order valence-electron chi connectivity index (χ1n) is 13.3. The Labute approximate surface area is 214 Å². The highest BCUT2D eigenvalue weighted by Crippen LogP contribution is 2.41. The first-order valence-corrected chi connectivity index (χ1v) is 13.3. The topological polar surface area (TPSA) is 110 Å². The highest BCUT2D eigenvalue weighted by atomic mass is 16.5. The van der Waals surface area contributed by atoms with Gasteiger partial charge in [-0.3, -0.25) is 19.3 Å². The zero-order valence-corrected chi connectivity index (χ0v) is 22.5. The van der Waals surface area contributed by atoms with E-state index in [0.29, 0.717) is 31.8 Å². The average molecular weight is 506 g/mol. The van der Waals surface area contributed by atoms with E-state index in [0.717, 1.165) is 44.3 Å². The van der Waals surface area contributed by atoms with Gasteiger partial charge in [-0.2, -0.15) is 0 Å². The zero-order valence-electron chi connectivity index (χ0n) is 22.5. The normalized spacial score (nSPS) is 22.2. The van der Waals surface area contributed by atoms with Crippen molar-refractivity contribution in [3.05, 3.63) is 23.2 Å². The summed E-state index contributed by atoms with van der Waals surface area (Å²) >= 11 is 0. The number of ether oxygens (including phenoxy) is 2. The second kappa shape index (κ2) is 12.8. The third kappa shape index (κ3) is 7.17. The molecule has 202 valence electrons. The molecule has 0 radical (unpaired) electrons. The predicted octanol–water partition coefficient (Wildman–Crippen LogP) is 2.99. The van der Waals surface area contributed by atoms with Gasteiger partial charge in [0.25, 0.3) is 5.91 Å². The number of hydrogen-bond acceptors (Lipinski definition) is 7. The van der Waals surface area contributed by atoms with Gasteiger partial charge in [-0.25, -0.2) is 0 Å². The summed E-state index contributed by atoms with van der Waals surface area (Å²) < 4.78 is 16.5. The number of ketones is 1. The largest absolute Gasteiger partial charge is 0.456 e. The van der Waals surface area contributed by atoms with E-state index in [1.165, 1.54) is 0 Å². The van der Waals surface area contributed by atoms with Crippen molar-refractivity contribution in [2.24, 2.45) is 5.41 Å². The molecule has 2 aliphatic rings. The highest BCUT2D eigenvalue weighted by molar-refractivity contribution is 5.97. The molecule has 2 amide bonds. The summed E-state index contributed by atoms with van der Waals surface area (Å²) in [7, 11) is 1.68. The summed E-state index contributed by atoms with van der Waals surface area (Å²) in [5.74, 6) is -0.0377. The van der Waals surface area contributed by atoms with Crippen LogP contribution in [-0.2, 0) is 25.6 Å². The molecule has 0 aromatic carbocycles. The van der Waals surface area contributed by atoms with Gasteiger partial charge < -0.3 is 24.5 Å². The van der Waals surface area contributed by atoms with Crippen LogP contribution >= 0.6 is 0 Å². The van der Waals surface area contributed by atoms with Crippen molar-refractivity contribution in [1.29, 1.82) is 0 Å². The molecule has 1 aromatic rings. The van der Waals surface area contributed by atoms with Crippen LogP contribution in [0, 0.1) is 12.3 Å². The lowest BCUT2D eigenvalue weighted by molar-refractivity contribution is -0.128. The third-order valence-corrected chi connectivity index (χ3v) is 7.69. The van der Waals surface area contributed by atoms with Gasteiger partial charge >= 0.3 is 0 Å². The molecule has 2 fully saturated rings. The molecular formula is C27H43N3O6. The van der Waals surface area contributed by atoms with Gasteiger partial charge in [0.2, 0.25) is 5.91 Å². The van der Waals surface area contributed by atoms with Gasteiger partial charge in [-0.15, -0.1) is 0 Å². The van der Waals surface area contributed by atoms with Crippen molar-refractivity contribution in [2.45, 2.75) is 91.0 Å². The second-order valence-electron chi connectivity index (χ2n) is 10.5. The van der Waals surface area contributed by atoms with Crippen LogP contribution < -0.4 is 10.6 Å². The van der Waals surface area contributed by atoms with Crippen LogP contribution in [-0.4, -0.2) is 74.1 Å². The number of carbonyl (C=O) groups excluding carboxylic acids is 3. The van der Waals surface area contributed by atoms with Crippen molar-refractivity contribution in [3.8, 4) is 0 Å². The molecule has 1 aromatic heterocycles. The molecule has 0 bridgehead atoms. The number of hydrogen-bond donors (Lipinski definition) is 2. The Hall–Kier alpha value is -2.23. The predicted molar refractivity (Wildman–Crippen MR) is 136 cm³/mol. The zero-order chi connectivity index (χ0) is 26.3. The Morgan fingerprint density at radius 3 is 2.64 bits per heavy atom. The number of Topliss-reactive ketones (excluding diaryl/α,β-unsaturated/α-hetero) is 1. The molecule has 3 rings (SSSR count). The molecule has 1 aliphatic carbocycles. The standard InChI is InChI=1S/C27H43N3O6/c1-6-22-24(21(31)17-35-22)29-25(32)20(15-27(4)10-8-9-11-27)28-26(33)23-14-19(18(3)36-23)16-30(7-2)12-13-34-5/h14,20,22,24H,6-13,15-17H2,1-5H3,(H,28,33)(H,29,32)/t20?,22-,24+/m0/s1. The van der Waals surface area contributed by atoms with E-state index in [4.69, 9.17) is 13.9 Å². The van der Waals surface area contributed by atoms with E-state index >= 15 is 0 Å². The van der Waals surface area contributed by atoms with E-state index in [9.17, 15) is 14.4 Å². The van der Waals surface area contributed by atoms with E-state index in [1.807, 2.05) is 13.8 Å². The summed E-state index contributed by atoms with van der Waals surface area (Å²) in [4.78, 5) is 41.2. The number of likely N-dealkylation sites (N-methyl/N-ethyl adjacent to an activating group) is 1. The molecular weight excluding hydrogens is 462 g/mol. The minimum absolute atomic E-state index is 0.00576. The highest BCUT2D eigenvalue weighted by Gasteiger charge is 2.40. The molecule has 9 heteroatoms. The minimum Gasteiger partial charge on any atom is -0.456 e. The molecule has 1 saturated carbocycles. The third-order valence-electron chi connectivity index (χ3n) is 7.69. The number of nitrogens with zero attached hydrogens (tertiary/aromatic N) is 1. The maximum absolute atomic E-state index is 13.4. The van der Waals surface area contributed by atoms with Gasteiger partial charge in [-0.1, -0.05) is 33.6 Å². The Morgan fingerprint density at radius 1 is 1.28 bits per heavy atom. The summed E-state index contributed by atoms with van der Waals surface area (Å²) in [5.41, 5.74) is 0.893. The lowest BCUT2D eigenvalue weighted by atomic mass is 9.81. The Morgan fingerprint density at radius 2 is 2.00 bits per heavy atom. The number of amides is 2. The van der Waals surface area contributed by atoms with Gasteiger partial charge in [0, 0.05) is 25.8 Å². The van der Waals surface area contributed by atoms with Crippen LogP contribution in [0.15, 0.2) is 10.5 Å². The van der Waals surface area contributed by atoms with Crippen molar-refractivity contribution in [3.63, 3.8) is 0 Å². The molecule has 2 N–H and O–H groups in total. The molecule has 1 aliphatic heterocycles. The molecule has 9 nitrogen and oxygen atoms in total. The monoisotopic (exact) mass is 505 g/mol. The number of methoxy groups -OCH3 is 1. The molecule has 2 heterocycles. The number of rotatable bonds is 13. The first kappa shape index (κ1) is 28.3. The van der Waals surface area contributed by atoms with Crippen LogP contribution in [0.3, 0.4) is 0 Å². The lowest BCUT2D eigenvalue weighted by Crippen LogP contribution is -2.54. The number of aryl methyl sites for hydroxylation is 1. The van der Waals surface area contributed by atoms with Gasteiger partial charge in [0.15, 0.2) is 11.5 Å². The van der Waals surface area contributed by atoms with Crippen molar-refractivity contribution >= 4 is 17.6 Å². The van der Waals surface area contributed by atoms with Crippen molar-refractivity contribution in [2.75, 3.05) is 33.4 Å². The quantitative estimate of drug-likeness (QED) is 0.424. The summed E-state index contributed by atoms with van der Waals surface area (Å²) in [6.07, 6.45) is 5.04. The molecule has 3 atom stereocenters. The fourth-order valence-corrected chi connectivity index (χ4v) is 5.33. The Kier molecular flexibility index (Phi) is 10.1. The number of furan rings is 1.